The lowest BCUT2D eigenvalue weighted by Gasteiger charge is -2.42. The van der Waals surface area contributed by atoms with Gasteiger partial charge in [0.15, 0.2) is 0 Å². The Bertz CT molecular complexity index is 1210. The van der Waals surface area contributed by atoms with Crippen molar-refractivity contribution in [3.8, 4) is 11.4 Å². The van der Waals surface area contributed by atoms with Crippen molar-refractivity contribution in [2.75, 3.05) is 6.61 Å². The Hall–Kier alpha value is -2.63. The maximum Gasteiger partial charge on any atom is 0.125 e. The number of phenols is 1. The van der Waals surface area contributed by atoms with Crippen molar-refractivity contribution < 1.29 is 14.2 Å². The van der Waals surface area contributed by atoms with Gasteiger partial charge in [0, 0.05) is 27.7 Å². The summed E-state index contributed by atoms with van der Waals surface area (Å²) in [6.07, 6.45) is 0. The number of hydrogen-bond acceptors (Lipinski definition) is 3. The predicted molar refractivity (Wildman–Crippen MR) is 115 cm³/mol. The molecule has 2 aromatic heterocycles. The summed E-state index contributed by atoms with van der Waals surface area (Å²) in [6.45, 7) is 6.90. The number of aromatic nitrogens is 1. The number of fused-ring (bicyclic) bond motifs is 3. The molecular weight excluding hydrogens is 385 g/mol. The van der Waals surface area contributed by atoms with Crippen molar-refractivity contribution in [2.45, 2.75) is 31.8 Å². The molecule has 2 aromatic carbocycles. The Morgan fingerprint density at radius 1 is 1.07 bits per heavy atom. The predicted octanol–water partition coefficient (Wildman–Crippen LogP) is 6.11. The van der Waals surface area contributed by atoms with Crippen LogP contribution in [0.5, 0.6) is 5.75 Å². The van der Waals surface area contributed by atoms with Crippen LogP contribution >= 0.6 is 11.3 Å². The number of phenolic OH excluding ortho intramolecular Hbond substituents is 1. The van der Waals surface area contributed by atoms with Gasteiger partial charge in [-0.15, -0.1) is 0 Å². The van der Waals surface area contributed by atoms with Crippen molar-refractivity contribution in [2.24, 2.45) is 0 Å². The third-order valence-electron chi connectivity index (χ3n) is 5.97. The number of hydrogen-bond donors (Lipinski definition) is 1. The van der Waals surface area contributed by atoms with E-state index in [9.17, 15) is 9.50 Å². The summed E-state index contributed by atoms with van der Waals surface area (Å²) in [5, 5.41) is 15.8. The molecule has 5 heteroatoms. The second kappa shape index (κ2) is 6.18. The van der Waals surface area contributed by atoms with Crippen LogP contribution in [0.3, 0.4) is 0 Å². The molecule has 1 N–H and O–H groups in total. The van der Waals surface area contributed by atoms with Gasteiger partial charge in [0.25, 0.3) is 0 Å². The van der Waals surface area contributed by atoms with E-state index < -0.39 is 5.60 Å². The Morgan fingerprint density at radius 3 is 2.52 bits per heavy atom. The minimum Gasteiger partial charge on any atom is -0.507 e. The fourth-order valence-electron chi connectivity index (χ4n) is 4.51. The van der Waals surface area contributed by atoms with Gasteiger partial charge in [-0.1, -0.05) is 19.9 Å². The molecule has 29 heavy (non-hydrogen) atoms. The molecule has 0 saturated carbocycles. The molecule has 0 fully saturated rings. The highest BCUT2D eigenvalue weighted by Crippen LogP contribution is 2.52. The molecule has 1 aliphatic heterocycles. The van der Waals surface area contributed by atoms with Gasteiger partial charge in [-0.3, -0.25) is 0 Å². The maximum atomic E-state index is 13.6. The number of benzene rings is 2. The summed E-state index contributed by atoms with van der Waals surface area (Å²) >= 11 is 1.63. The summed E-state index contributed by atoms with van der Waals surface area (Å²) < 4.78 is 22.3. The largest absolute Gasteiger partial charge is 0.507 e. The van der Waals surface area contributed by atoms with Crippen LogP contribution in [0.4, 0.5) is 4.39 Å². The van der Waals surface area contributed by atoms with Crippen molar-refractivity contribution in [1.29, 1.82) is 0 Å². The zero-order valence-electron chi connectivity index (χ0n) is 16.6. The highest BCUT2D eigenvalue weighted by Gasteiger charge is 2.47. The Balaban J connectivity index is 1.96. The van der Waals surface area contributed by atoms with Gasteiger partial charge >= 0.3 is 0 Å². The Kier molecular flexibility index (Phi) is 3.92. The van der Waals surface area contributed by atoms with Crippen LogP contribution in [0.25, 0.3) is 16.6 Å². The molecule has 0 saturated heterocycles. The highest BCUT2D eigenvalue weighted by molar-refractivity contribution is 7.08. The fraction of sp³-hybridized carbons (Fsp3) is 0.250. The average Bonchev–Trinajstić information content (AvgIpc) is 3.34. The smallest absolute Gasteiger partial charge is 0.125 e. The van der Waals surface area contributed by atoms with Gasteiger partial charge in [0.05, 0.1) is 12.1 Å². The first-order valence-corrected chi connectivity index (χ1v) is 10.6. The molecule has 4 aromatic rings. The first-order valence-electron chi connectivity index (χ1n) is 9.63. The SMILES string of the molecule is CC1(C)COC(C)(c2ccsc2)c2c1n(-c1ccc(F)cc1)c1cccc(O)c21. The van der Waals surface area contributed by atoms with Gasteiger partial charge in [-0.2, -0.15) is 11.3 Å². The van der Waals surface area contributed by atoms with E-state index in [2.05, 4.69) is 36.8 Å². The zero-order valence-corrected chi connectivity index (χ0v) is 17.4. The van der Waals surface area contributed by atoms with E-state index in [0.29, 0.717) is 6.61 Å². The van der Waals surface area contributed by atoms with E-state index in [4.69, 9.17) is 4.74 Å². The number of aromatic hydroxyl groups is 1. The topological polar surface area (TPSA) is 34.4 Å². The van der Waals surface area contributed by atoms with Crippen LogP contribution in [0.1, 0.15) is 37.6 Å². The van der Waals surface area contributed by atoms with Gasteiger partial charge in [0.1, 0.15) is 17.2 Å². The van der Waals surface area contributed by atoms with Crippen LogP contribution in [-0.2, 0) is 15.8 Å². The lowest BCUT2D eigenvalue weighted by molar-refractivity contribution is -0.0434. The molecule has 1 aliphatic rings. The Labute approximate surface area is 173 Å². The van der Waals surface area contributed by atoms with E-state index in [1.807, 2.05) is 17.5 Å². The molecule has 3 nitrogen and oxygen atoms in total. The minimum absolute atomic E-state index is 0.224. The van der Waals surface area contributed by atoms with Crippen LogP contribution in [0, 0.1) is 5.82 Å². The second-order valence-corrected chi connectivity index (χ2v) is 9.20. The molecule has 0 aliphatic carbocycles. The van der Waals surface area contributed by atoms with E-state index >= 15 is 0 Å². The number of rotatable bonds is 2. The summed E-state index contributed by atoms with van der Waals surface area (Å²) in [7, 11) is 0. The molecule has 5 rings (SSSR count). The summed E-state index contributed by atoms with van der Waals surface area (Å²) in [6, 6.07) is 14.2. The minimum atomic E-state index is -0.687. The summed E-state index contributed by atoms with van der Waals surface area (Å²) in [4.78, 5) is 0. The zero-order chi connectivity index (χ0) is 20.4. The Morgan fingerprint density at radius 2 is 1.83 bits per heavy atom. The quantitative estimate of drug-likeness (QED) is 0.435. The molecular formula is C24H22FNO2S. The van der Waals surface area contributed by atoms with Gasteiger partial charge < -0.3 is 14.4 Å². The van der Waals surface area contributed by atoms with Crippen molar-refractivity contribution in [1.82, 2.24) is 4.57 Å². The molecule has 1 atom stereocenters. The molecule has 0 radical (unpaired) electrons. The molecule has 1 unspecified atom stereocenters. The van der Waals surface area contributed by atoms with Crippen LogP contribution in [0.2, 0.25) is 0 Å². The number of thiophene rings is 1. The lowest BCUT2D eigenvalue weighted by Crippen LogP contribution is -2.42. The summed E-state index contributed by atoms with van der Waals surface area (Å²) in [5.41, 5.74) is 3.90. The fourth-order valence-corrected chi connectivity index (χ4v) is 5.27. The van der Waals surface area contributed by atoms with Crippen molar-refractivity contribution in [3.63, 3.8) is 0 Å². The lowest BCUT2D eigenvalue weighted by atomic mass is 9.76. The molecule has 3 heterocycles. The van der Waals surface area contributed by atoms with E-state index in [1.165, 1.54) is 12.1 Å². The van der Waals surface area contributed by atoms with Crippen LogP contribution < -0.4 is 0 Å². The first kappa shape index (κ1) is 18.4. The average molecular weight is 408 g/mol. The number of ether oxygens (including phenoxy) is 1. The van der Waals surface area contributed by atoms with E-state index in [1.54, 1.807) is 29.5 Å². The van der Waals surface area contributed by atoms with E-state index in [-0.39, 0.29) is 17.0 Å². The third kappa shape index (κ3) is 2.57. The third-order valence-corrected chi connectivity index (χ3v) is 6.65. The summed E-state index contributed by atoms with van der Waals surface area (Å²) in [5.74, 6) is -0.0463. The van der Waals surface area contributed by atoms with Crippen LogP contribution in [0.15, 0.2) is 59.3 Å². The molecule has 0 amide bonds. The molecule has 148 valence electrons. The number of nitrogens with zero attached hydrogens (tertiary/aromatic N) is 1. The van der Waals surface area contributed by atoms with Gasteiger partial charge in [-0.05, 0) is 65.7 Å². The number of halogens is 1. The normalized spacial score (nSPS) is 20.7. The monoisotopic (exact) mass is 407 g/mol. The van der Waals surface area contributed by atoms with Gasteiger partial charge in [-0.25, -0.2) is 4.39 Å². The van der Waals surface area contributed by atoms with Crippen molar-refractivity contribution >= 4 is 22.2 Å². The molecule has 0 bridgehead atoms. The second-order valence-electron chi connectivity index (χ2n) is 8.42. The molecule has 0 spiro atoms. The van der Waals surface area contributed by atoms with E-state index in [0.717, 1.165) is 33.4 Å². The van der Waals surface area contributed by atoms with Gasteiger partial charge in [0.2, 0.25) is 0 Å². The van der Waals surface area contributed by atoms with Crippen LogP contribution in [-0.4, -0.2) is 16.3 Å². The standard InChI is InChI=1S/C24H22FNO2S/c1-23(2)14-28-24(3,15-11-12-29-13-15)21-20-18(5-4-6-19(20)27)26(22(21)23)17-9-7-16(25)8-10-17/h4-13,27H,14H2,1-3H3. The van der Waals surface area contributed by atoms with Crippen molar-refractivity contribution in [3.05, 3.63) is 81.9 Å². The highest BCUT2D eigenvalue weighted by atomic mass is 32.1. The maximum absolute atomic E-state index is 13.6. The first-order chi connectivity index (χ1) is 13.8.